The van der Waals surface area contributed by atoms with Crippen LogP contribution in [0.2, 0.25) is 0 Å². The number of piperazine rings is 1. The van der Waals surface area contributed by atoms with E-state index in [1.165, 1.54) is 12.1 Å². The molecule has 7 nitrogen and oxygen atoms in total. The molecule has 0 aliphatic carbocycles. The molecule has 2 heterocycles. The molecule has 1 aliphatic heterocycles. The van der Waals surface area contributed by atoms with Crippen LogP contribution < -0.4 is 9.64 Å². The summed E-state index contributed by atoms with van der Waals surface area (Å²) in [7, 11) is 3.69. The van der Waals surface area contributed by atoms with Gasteiger partial charge in [-0.1, -0.05) is 18.1 Å². The summed E-state index contributed by atoms with van der Waals surface area (Å²) in [5.74, 6) is 0.903. The van der Waals surface area contributed by atoms with E-state index < -0.39 is 0 Å². The van der Waals surface area contributed by atoms with E-state index in [9.17, 15) is 9.18 Å². The van der Waals surface area contributed by atoms with Gasteiger partial charge in [-0.2, -0.15) is 0 Å². The molecule has 1 amide bonds. The van der Waals surface area contributed by atoms with Crippen molar-refractivity contribution in [2.24, 2.45) is 0 Å². The molecule has 1 aliphatic rings. The molecule has 0 unspecified atom stereocenters. The van der Waals surface area contributed by atoms with Gasteiger partial charge >= 0.3 is 0 Å². The predicted molar refractivity (Wildman–Crippen MR) is 134 cm³/mol. The Hall–Kier alpha value is -3.39. The van der Waals surface area contributed by atoms with Crippen LogP contribution in [-0.2, 0) is 6.54 Å². The van der Waals surface area contributed by atoms with Crippen molar-refractivity contribution in [3.8, 4) is 17.0 Å². The molecule has 1 saturated heterocycles. The van der Waals surface area contributed by atoms with Crippen LogP contribution in [0.3, 0.4) is 0 Å². The zero-order valence-corrected chi connectivity index (χ0v) is 20.8. The van der Waals surface area contributed by atoms with E-state index in [1.54, 1.807) is 31.4 Å². The second kappa shape index (κ2) is 10.9. The lowest BCUT2D eigenvalue weighted by Crippen LogP contribution is -2.45. The Morgan fingerprint density at radius 1 is 1.17 bits per heavy atom. The number of rotatable bonds is 8. The average Bonchev–Trinajstić information content (AvgIpc) is 3.30. The Balaban J connectivity index is 1.74. The number of benzene rings is 2. The molecule has 186 valence electrons. The molecular formula is C27H33FN4O3. The zero-order valence-electron chi connectivity index (χ0n) is 20.8. The maximum atomic E-state index is 13.7. The molecule has 0 bridgehead atoms. The molecule has 4 rings (SSSR count). The van der Waals surface area contributed by atoms with E-state index in [4.69, 9.17) is 9.26 Å². The van der Waals surface area contributed by atoms with Gasteiger partial charge in [-0.3, -0.25) is 4.79 Å². The van der Waals surface area contributed by atoms with Gasteiger partial charge in [-0.25, -0.2) is 4.39 Å². The lowest BCUT2D eigenvalue weighted by Gasteiger charge is -2.33. The van der Waals surface area contributed by atoms with Crippen LogP contribution in [0, 0.1) is 5.82 Å². The van der Waals surface area contributed by atoms with E-state index in [-0.39, 0.29) is 17.8 Å². The molecule has 35 heavy (non-hydrogen) atoms. The first-order valence-corrected chi connectivity index (χ1v) is 12.0. The van der Waals surface area contributed by atoms with E-state index in [0.29, 0.717) is 29.4 Å². The normalized spacial score (nSPS) is 15.2. The first kappa shape index (κ1) is 24.7. The third-order valence-electron chi connectivity index (χ3n) is 6.70. The smallest absolute Gasteiger partial charge is 0.254 e. The first-order valence-electron chi connectivity index (χ1n) is 12.0. The van der Waals surface area contributed by atoms with Gasteiger partial charge in [-0.15, -0.1) is 0 Å². The highest BCUT2D eigenvalue weighted by atomic mass is 19.1. The van der Waals surface area contributed by atoms with Crippen LogP contribution in [0.4, 0.5) is 10.3 Å². The number of hydrogen-bond acceptors (Lipinski definition) is 6. The molecule has 0 radical (unpaired) electrons. The summed E-state index contributed by atoms with van der Waals surface area (Å²) >= 11 is 0. The summed E-state index contributed by atoms with van der Waals surface area (Å²) in [6.07, 6.45) is 0.788. The fraction of sp³-hybridized carbons (Fsp3) is 0.407. The van der Waals surface area contributed by atoms with Crippen molar-refractivity contribution in [1.29, 1.82) is 0 Å². The number of carbonyl (C=O) groups excluding carboxylic acids is 1. The molecule has 1 aromatic heterocycles. The second-order valence-electron chi connectivity index (χ2n) is 9.03. The maximum absolute atomic E-state index is 13.7. The number of hydrogen-bond donors (Lipinski definition) is 0. The number of anilines is 1. The number of likely N-dealkylation sites (N-methyl/N-ethyl adjacent to an activating group) is 1. The Morgan fingerprint density at radius 2 is 1.89 bits per heavy atom. The van der Waals surface area contributed by atoms with Gasteiger partial charge in [0.25, 0.3) is 5.91 Å². The molecule has 8 heteroatoms. The Labute approximate surface area is 206 Å². The van der Waals surface area contributed by atoms with Crippen LogP contribution >= 0.6 is 0 Å². The molecule has 0 spiro atoms. The Kier molecular flexibility index (Phi) is 7.70. The summed E-state index contributed by atoms with van der Waals surface area (Å²) in [5, 5.41) is 4.40. The van der Waals surface area contributed by atoms with Crippen molar-refractivity contribution in [1.82, 2.24) is 15.0 Å². The van der Waals surface area contributed by atoms with E-state index in [1.807, 2.05) is 24.0 Å². The minimum Gasteiger partial charge on any atom is -0.497 e. The minimum absolute atomic E-state index is 0.0231. The molecular weight excluding hydrogens is 447 g/mol. The standard InChI is InChI=1S/C27H33FN4O3/c1-5-19(2)32(26(33)21-7-6-8-23(17-21)34-4)18-24-25(20-9-11-22(28)12-10-20)29-35-27(24)31-15-13-30(3)14-16-31/h6-12,17,19H,5,13-16,18H2,1-4H3/t19-/m1/s1. The van der Waals surface area contributed by atoms with Gasteiger partial charge in [0.1, 0.15) is 17.3 Å². The van der Waals surface area contributed by atoms with Gasteiger partial charge in [0.15, 0.2) is 0 Å². The summed E-state index contributed by atoms with van der Waals surface area (Å²) < 4.78 is 24.9. The number of methoxy groups -OCH3 is 1. The third kappa shape index (κ3) is 5.48. The van der Waals surface area contributed by atoms with Crippen molar-refractivity contribution in [3.05, 3.63) is 65.5 Å². The number of amides is 1. The van der Waals surface area contributed by atoms with E-state index in [2.05, 4.69) is 28.9 Å². The number of carbonyl (C=O) groups is 1. The van der Waals surface area contributed by atoms with E-state index in [0.717, 1.165) is 43.7 Å². The topological polar surface area (TPSA) is 62.1 Å². The molecule has 0 N–H and O–H groups in total. The number of ether oxygens (including phenoxy) is 1. The molecule has 2 aromatic carbocycles. The van der Waals surface area contributed by atoms with E-state index >= 15 is 0 Å². The highest BCUT2D eigenvalue weighted by molar-refractivity contribution is 5.95. The van der Waals surface area contributed by atoms with Crippen LogP contribution in [0.15, 0.2) is 53.1 Å². The Morgan fingerprint density at radius 3 is 2.54 bits per heavy atom. The fourth-order valence-electron chi connectivity index (χ4n) is 4.28. The fourth-order valence-corrected chi connectivity index (χ4v) is 4.28. The second-order valence-corrected chi connectivity index (χ2v) is 9.03. The van der Waals surface area contributed by atoms with Crippen LogP contribution in [-0.4, -0.2) is 67.2 Å². The maximum Gasteiger partial charge on any atom is 0.254 e. The minimum atomic E-state index is -0.312. The van der Waals surface area contributed by atoms with Gasteiger partial charge in [0, 0.05) is 43.3 Å². The monoisotopic (exact) mass is 480 g/mol. The van der Waals surface area contributed by atoms with Gasteiger partial charge < -0.3 is 24.0 Å². The van der Waals surface area contributed by atoms with Crippen molar-refractivity contribution in [3.63, 3.8) is 0 Å². The highest BCUT2D eigenvalue weighted by Gasteiger charge is 2.30. The lowest BCUT2D eigenvalue weighted by molar-refractivity contribution is 0.0671. The van der Waals surface area contributed by atoms with Crippen molar-refractivity contribution in [2.75, 3.05) is 45.2 Å². The van der Waals surface area contributed by atoms with Crippen molar-refractivity contribution >= 4 is 11.8 Å². The van der Waals surface area contributed by atoms with Gasteiger partial charge in [-0.05, 0) is 62.9 Å². The summed E-state index contributed by atoms with van der Waals surface area (Å²) in [6, 6.07) is 13.4. The van der Waals surface area contributed by atoms with Crippen molar-refractivity contribution < 1.29 is 18.4 Å². The number of halogens is 1. The molecule has 3 aromatic rings. The van der Waals surface area contributed by atoms with Crippen molar-refractivity contribution in [2.45, 2.75) is 32.9 Å². The SMILES string of the molecule is CC[C@@H](C)N(Cc1c(-c2ccc(F)cc2)noc1N1CCN(C)CC1)C(=O)c1cccc(OC)c1. The lowest BCUT2D eigenvalue weighted by atomic mass is 10.0. The molecule has 1 fully saturated rings. The third-order valence-corrected chi connectivity index (χ3v) is 6.70. The highest BCUT2D eigenvalue weighted by Crippen LogP contribution is 2.34. The van der Waals surface area contributed by atoms with Gasteiger partial charge in [0.05, 0.1) is 19.2 Å². The van der Waals surface area contributed by atoms with Crippen LogP contribution in [0.1, 0.15) is 36.2 Å². The quantitative estimate of drug-likeness (QED) is 0.467. The average molecular weight is 481 g/mol. The molecule has 0 saturated carbocycles. The number of aromatic nitrogens is 1. The summed E-state index contributed by atoms with van der Waals surface area (Å²) in [5.41, 5.74) is 2.78. The number of nitrogens with zero attached hydrogens (tertiary/aromatic N) is 4. The zero-order chi connectivity index (χ0) is 24.9. The molecule has 1 atom stereocenters. The predicted octanol–water partition coefficient (Wildman–Crippen LogP) is 4.68. The largest absolute Gasteiger partial charge is 0.497 e. The van der Waals surface area contributed by atoms with Crippen LogP contribution in [0.25, 0.3) is 11.3 Å². The van der Waals surface area contributed by atoms with Gasteiger partial charge in [0.2, 0.25) is 5.88 Å². The summed E-state index contributed by atoms with van der Waals surface area (Å²) in [6.45, 7) is 7.84. The Bertz CT molecular complexity index is 1140. The van der Waals surface area contributed by atoms with Crippen LogP contribution in [0.5, 0.6) is 5.75 Å². The summed E-state index contributed by atoms with van der Waals surface area (Å²) in [4.78, 5) is 20.0. The first-order chi connectivity index (χ1) is 16.9.